The van der Waals surface area contributed by atoms with Gasteiger partial charge in [-0.2, -0.15) is 5.10 Å². The maximum Gasteiger partial charge on any atom is 0.271 e. The molecule has 1 N–H and O–H groups in total. The van der Waals surface area contributed by atoms with Crippen molar-refractivity contribution in [3.05, 3.63) is 95.1 Å². The Balaban J connectivity index is 1.35. The largest absolute Gasteiger partial charge is 0.488 e. The molecule has 1 saturated heterocycles. The van der Waals surface area contributed by atoms with E-state index in [9.17, 15) is 4.79 Å². The average Bonchev–Trinajstić information content (AvgIpc) is 3.34. The first-order chi connectivity index (χ1) is 15.2. The summed E-state index contributed by atoms with van der Waals surface area (Å²) in [5.74, 6) is 0.485. The minimum atomic E-state index is -0.234. The smallest absolute Gasteiger partial charge is 0.271 e. The number of carbonyl (C=O) groups is 1. The van der Waals surface area contributed by atoms with Gasteiger partial charge in [-0.25, -0.2) is 5.43 Å². The number of carbonyl (C=O) groups excluding carboxylic acids is 1. The SMILES string of the molecule is Cc1ccc(COc2ccccc2/C=N\NC(=O)c2ccc(N3CCCC3)cc2)cc1. The van der Waals surface area contributed by atoms with E-state index in [0.29, 0.717) is 12.2 Å². The minimum absolute atomic E-state index is 0.234. The normalized spacial score (nSPS) is 13.5. The summed E-state index contributed by atoms with van der Waals surface area (Å²) in [4.78, 5) is 14.8. The van der Waals surface area contributed by atoms with Crippen LogP contribution >= 0.6 is 0 Å². The highest BCUT2D eigenvalue weighted by Crippen LogP contribution is 2.21. The molecule has 0 saturated carbocycles. The number of para-hydroxylation sites is 1. The molecule has 1 aliphatic heterocycles. The predicted molar refractivity (Wildman–Crippen MR) is 125 cm³/mol. The molecule has 1 heterocycles. The highest BCUT2D eigenvalue weighted by Gasteiger charge is 2.13. The highest BCUT2D eigenvalue weighted by atomic mass is 16.5. The maximum atomic E-state index is 12.4. The van der Waals surface area contributed by atoms with Gasteiger partial charge in [0.15, 0.2) is 0 Å². The van der Waals surface area contributed by atoms with E-state index in [2.05, 4.69) is 46.6 Å². The van der Waals surface area contributed by atoms with Crippen LogP contribution in [0.2, 0.25) is 0 Å². The zero-order valence-electron chi connectivity index (χ0n) is 17.8. The van der Waals surface area contributed by atoms with Crippen molar-refractivity contribution < 1.29 is 9.53 Å². The lowest BCUT2D eigenvalue weighted by molar-refractivity contribution is 0.0955. The summed E-state index contributed by atoms with van der Waals surface area (Å²) < 4.78 is 5.96. The van der Waals surface area contributed by atoms with Crippen molar-refractivity contribution in [2.24, 2.45) is 5.10 Å². The van der Waals surface area contributed by atoms with Crippen LogP contribution in [0.4, 0.5) is 5.69 Å². The van der Waals surface area contributed by atoms with Gasteiger partial charge in [0.1, 0.15) is 12.4 Å². The third-order valence-corrected chi connectivity index (χ3v) is 5.40. The Morgan fingerprint density at radius 3 is 2.45 bits per heavy atom. The summed E-state index contributed by atoms with van der Waals surface area (Å²) in [6.45, 7) is 4.70. The monoisotopic (exact) mass is 413 g/mol. The zero-order valence-corrected chi connectivity index (χ0v) is 17.8. The molecule has 158 valence electrons. The summed E-state index contributed by atoms with van der Waals surface area (Å²) in [6.07, 6.45) is 4.07. The van der Waals surface area contributed by atoms with Crippen molar-refractivity contribution in [3.8, 4) is 5.75 Å². The Hall–Kier alpha value is -3.60. The average molecular weight is 414 g/mol. The molecule has 1 aliphatic rings. The zero-order chi connectivity index (χ0) is 21.5. The number of nitrogens with one attached hydrogen (secondary N) is 1. The van der Waals surface area contributed by atoms with E-state index in [4.69, 9.17) is 4.74 Å². The Labute approximate surface area is 183 Å². The van der Waals surface area contributed by atoms with Gasteiger partial charge < -0.3 is 9.64 Å². The van der Waals surface area contributed by atoms with Gasteiger partial charge in [0.25, 0.3) is 5.91 Å². The van der Waals surface area contributed by atoms with Crippen molar-refractivity contribution in [2.45, 2.75) is 26.4 Å². The number of benzene rings is 3. The molecule has 31 heavy (non-hydrogen) atoms. The summed E-state index contributed by atoms with van der Waals surface area (Å²) in [5.41, 5.74) is 7.48. The molecule has 0 bridgehead atoms. The van der Waals surface area contributed by atoms with Gasteiger partial charge in [-0.3, -0.25) is 4.79 Å². The first kappa shape index (κ1) is 20.7. The molecular formula is C26H27N3O2. The van der Waals surface area contributed by atoms with E-state index in [1.165, 1.54) is 18.4 Å². The van der Waals surface area contributed by atoms with Crippen LogP contribution in [0.1, 0.15) is 39.9 Å². The van der Waals surface area contributed by atoms with Crippen LogP contribution in [0, 0.1) is 6.92 Å². The molecular weight excluding hydrogens is 386 g/mol. The van der Waals surface area contributed by atoms with Gasteiger partial charge in [-0.1, -0.05) is 42.0 Å². The second-order valence-electron chi connectivity index (χ2n) is 7.75. The molecule has 5 nitrogen and oxygen atoms in total. The standard InChI is InChI=1S/C26H27N3O2/c1-20-8-10-21(11-9-20)19-31-25-7-3-2-6-23(25)18-27-28-26(30)22-12-14-24(15-13-22)29-16-4-5-17-29/h2-3,6-15,18H,4-5,16-17,19H2,1H3,(H,28,30)/b27-18-. The molecule has 0 aromatic heterocycles. The quantitative estimate of drug-likeness (QED) is 0.441. The van der Waals surface area contributed by atoms with Gasteiger partial charge in [0.05, 0.1) is 6.21 Å². The fourth-order valence-electron chi connectivity index (χ4n) is 3.59. The Morgan fingerprint density at radius 1 is 1.00 bits per heavy atom. The lowest BCUT2D eigenvalue weighted by Gasteiger charge is -2.17. The molecule has 0 unspecified atom stereocenters. The number of hydrogen-bond acceptors (Lipinski definition) is 4. The lowest BCUT2D eigenvalue weighted by atomic mass is 10.1. The summed E-state index contributed by atoms with van der Waals surface area (Å²) >= 11 is 0. The van der Waals surface area contributed by atoms with E-state index in [0.717, 1.165) is 35.7 Å². The minimum Gasteiger partial charge on any atom is -0.488 e. The molecule has 3 aromatic carbocycles. The number of amides is 1. The summed E-state index contributed by atoms with van der Waals surface area (Å²) in [6, 6.07) is 23.6. The number of nitrogens with zero attached hydrogens (tertiary/aromatic N) is 2. The number of aryl methyl sites for hydroxylation is 1. The van der Waals surface area contributed by atoms with E-state index in [1.807, 2.05) is 48.5 Å². The fraction of sp³-hybridized carbons (Fsp3) is 0.231. The van der Waals surface area contributed by atoms with Gasteiger partial charge in [-0.05, 0) is 61.7 Å². The van der Waals surface area contributed by atoms with Crippen molar-refractivity contribution in [1.82, 2.24) is 5.43 Å². The summed E-state index contributed by atoms with van der Waals surface area (Å²) in [7, 11) is 0. The third kappa shape index (κ3) is 5.51. The number of ether oxygens (including phenoxy) is 1. The van der Waals surface area contributed by atoms with Crippen molar-refractivity contribution >= 4 is 17.8 Å². The van der Waals surface area contributed by atoms with E-state index >= 15 is 0 Å². The second kappa shape index (κ2) is 9.94. The Morgan fingerprint density at radius 2 is 1.71 bits per heavy atom. The van der Waals surface area contributed by atoms with E-state index in [1.54, 1.807) is 6.21 Å². The molecule has 1 fully saturated rings. The van der Waals surface area contributed by atoms with Crippen molar-refractivity contribution in [1.29, 1.82) is 0 Å². The topological polar surface area (TPSA) is 53.9 Å². The molecule has 0 spiro atoms. The van der Waals surface area contributed by atoms with Crippen LogP contribution in [-0.4, -0.2) is 25.2 Å². The van der Waals surface area contributed by atoms with Crippen LogP contribution in [0.3, 0.4) is 0 Å². The molecule has 0 radical (unpaired) electrons. The summed E-state index contributed by atoms with van der Waals surface area (Å²) in [5, 5.41) is 4.13. The first-order valence-electron chi connectivity index (χ1n) is 10.6. The number of rotatable bonds is 7. The van der Waals surface area contributed by atoms with Gasteiger partial charge in [0.2, 0.25) is 0 Å². The lowest BCUT2D eigenvalue weighted by Crippen LogP contribution is -2.19. The highest BCUT2D eigenvalue weighted by molar-refractivity contribution is 5.95. The number of hydrogen-bond donors (Lipinski definition) is 1. The van der Waals surface area contributed by atoms with E-state index in [-0.39, 0.29) is 5.91 Å². The van der Waals surface area contributed by atoms with Crippen LogP contribution in [0.5, 0.6) is 5.75 Å². The third-order valence-electron chi connectivity index (χ3n) is 5.40. The van der Waals surface area contributed by atoms with Crippen LogP contribution < -0.4 is 15.1 Å². The van der Waals surface area contributed by atoms with Crippen LogP contribution in [0.25, 0.3) is 0 Å². The predicted octanol–water partition coefficient (Wildman–Crippen LogP) is 4.94. The van der Waals surface area contributed by atoms with Gasteiger partial charge in [0, 0.05) is 29.9 Å². The van der Waals surface area contributed by atoms with Crippen molar-refractivity contribution in [3.63, 3.8) is 0 Å². The Kier molecular flexibility index (Phi) is 6.62. The van der Waals surface area contributed by atoms with Crippen molar-refractivity contribution in [2.75, 3.05) is 18.0 Å². The Bertz CT molecular complexity index is 1040. The number of anilines is 1. The van der Waals surface area contributed by atoms with Gasteiger partial charge in [-0.15, -0.1) is 0 Å². The molecule has 1 amide bonds. The molecule has 3 aromatic rings. The maximum absolute atomic E-state index is 12.4. The van der Waals surface area contributed by atoms with Crippen LogP contribution in [-0.2, 0) is 6.61 Å². The molecule has 5 heteroatoms. The second-order valence-corrected chi connectivity index (χ2v) is 7.75. The molecule has 4 rings (SSSR count). The van der Waals surface area contributed by atoms with E-state index < -0.39 is 0 Å². The number of hydrazone groups is 1. The molecule has 0 aliphatic carbocycles. The van der Waals surface area contributed by atoms with Crippen LogP contribution in [0.15, 0.2) is 77.9 Å². The van der Waals surface area contributed by atoms with Gasteiger partial charge >= 0.3 is 0 Å². The fourth-order valence-corrected chi connectivity index (χ4v) is 3.59. The first-order valence-corrected chi connectivity index (χ1v) is 10.6. The molecule has 0 atom stereocenters.